The molecule has 0 aromatic heterocycles. The Morgan fingerprint density at radius 1 is 1.35 bits per heavy atom. The Labute approximate surface area is 160 Å². The van der Waals surface area contributed by atoms with Gasteiger partial charge in [0.15, 0.2) is 0 Å². The number of nitrogens with one attached hydrogen (secondary N) is 1. The second kappa shape index (κ2) is 8.01. The number of rotatable bonds is 7. The lowest BCUT2D eigenvalue weighted by Crippen LogP contribution is -2.51. The second-order valence-corrected chi connectivity index (χ2v) is 8.66. The van der Waals surface area contributed by atoms with E-state index in [4.69, 9.17) is 0 Å². The van der Waals surface area contributed by atoms with Crippen molar-refractivity contribution in [3.05, 3.63) is 35.9 Å². The van der Waals surface area contributed by atoms with Gasteiger partial charge in [-0.1, -0.05) is 44.2 Å². The summed E-state index contributed by atoms with van der Waals surface area (Å²) in [5.41, 5.74) is 1.21. The monoisotopic (exact) mass is 375 g/mol. The van der Waals surface area contributed by atoms with E-state index in [-0.39, 0.29) is 28.8 Å². The summed E-state index contributed by atoms with van der Waals surface area (Å²) in [4.78, 5) is 29.1. The van der Waals surface area contributed by atoms with Crippen LogP contribution in [0.5, 0.6) is 0 Å². The van der Waals surface area contributed by atoms with E-state index in [0.29, 0.717) is 18.7 Å². The minimum Gasteiger partial charge on any atom is -0.352 e. The fraction of sp³-hybridized carbons (Fsp3) is 0.600. The number of hydrogen-bond donors (Lipinski definition) is 1. The number of carbonyl (C=O) groups excluding carboxylic acids is 2. The molecular weight excluding hydrogens is 346 g/mol. The second-order valence-electron chi connectivity index (χ2n) is 7.16. The van der Waals surface area contributed by atoms with Crippen molar-refractivity contribution in [1.82, 2.24) is 15.1 Å². The Morgan fingerprint density at radius 2 is 2.04 bits per heavy atom. The molecule has 3 atom stereocenters. The molecule has 0 radical (unpaired) electrons. The highest BCUT2D eigenvalue weighted by Crippen LogP contribution is 2.47. The molecule has 2 saturated heterocycles. The van der Waals surface area contributed by atoms with Crippen molar-refractivity contribution in [2.45, 2.75) is 50.6 Å². The first-order valence-electron chi connectivity index (χ1n) is 9.53. The van der Waals surface area contributed by atoms with E-state index in [0.717, 1.165) is 19.5 Å². The number of nitrogens with zero attached hydrogens (tertiary/aromatic N) is 2. The van der Waals surface area contributed by atoms with E-state index in [2.05, 4.69) is 43.1 Å². The molecule has 1 N–H and O–H groups in total. The molecule has 0 saturated carbocycles. The first-order chi connectivity index (χ1) is 12.5. The summed E-state index contributed by atoms with van der Waals surface area (Å²) in [5.74, 6) is 0.778. The van der Waals surface area contributed by atoms with Crippen LogP contribution in [0.15, 0.2) is 30.3 Å². The van der Waals surface area contributed by atoms with Crippen molar-refractivity contribution in [3.63, 3.8) is 0 Å². The number of fused-ring (bicyclic) bond motifs is 1. The van der Waals surface area contributed by atoms with Crippen LogP contribution in [0.25, 0.3) is 0 Å². The van der Waals surface area contributed by atoms with E-state index < -0.39 is 0 Å². The summed E-state index contributed by atoms with van der Waals surface area (Å²) < 4.78 is 0. The van der Waals surface area contributed by atoms with Crippen LogP contribution in [0.4, 0.5) is 0 Å². The van der Waals surface area contributed by atoms with Gasteiger partial charge in [-0.25, -0.2) is 0 Å². The van der Waals surface area contributed by atoms with Crippen LogP contribution in [0, 0.1) is 0 Å². The molecule has 0 aliphatic carbocycles. The molecule has 26 heavy (non-hydrogen) atoms. The number of likely N-dealkylation sites (N-methyl/N-ethyl adjacent to an activating group) is 1. The molecule has 3 unspecified atom stereocenters. The van der Waals surface area contributed by atoms with Gasteiger partial charge in [0.1, 0.15) is 6.04 Å². The molecule has 6 heteroatoms. The number of carbonyl (C=O) groups is 2. The van der Waals surface area contributed by atoms with E-state index in [1.807, 2.05) is 23.1 Å². The molecule has 5 nitrogen and oxygen atoms in total. The van der Waals surface area contributed by atoms with Crippen LogP contribution < -0.4 is 5.32 Å². The van der Waals surface area contributed by atoms with Crippen molar-refractivity contribution in [1.29, 1.82) is 0 Å². The van der Waals surface area contributed by atoms with Gasteiger partial charge < -0.3 is 10.2 Å². The lowest BCUT2D eigenvalue weighted by molar-refractivity contribution is -0.138. The lowest BCUT2D eigenvalue weighted by atomic mass is 10.0. The van der Waals surface area contributed by atoms with Crippen molar-refractivity contribution < 1.29 is 9.59 Å². The van der Waals surface area contributed by atoms with E-state index in [1.54, 1.807) is 11.8 Å². The quantitative estimate of drug-likeness (QED) is 0.796. The SMILES string of the molecule is CCN(CC)C(CNC(=O)C1CSC2(C)CCC(=O)N12)c1ccccc1. The fourth-order valence-electron chi connectivity index (χ4n) is 4.13. The molecule has 2 aliphatic rings. The zero-order valence-electron chi connectivity index (χ0n) is 15.9. The molecular formula is C20H29N3O2S. The van der Waals surface area contributed by atoms with Crippen LogP contribution in [-0.2, 0) is 9.59 Å². The zero-order valence-corrected chi connectivity index (χ0v) is 16.7. The maximum absolute atomic E-state index is 12.9. The Morgan fingerprint density at radius 3 is 2.69 bits per heavy atom. The van der Waals surface area contributed by atoms with Crippen LogP contribution in [0.1, 0.15) is 45.2 Å². The van der Waals surface area contributed by atoms with Crippen LogP contribution >= 0.6 is 11.8 Å². The summed E-state index contributed by atoms with van der Waals surface area (Å²) in [6.07, 6.45) is 1.39. The Bertz CT molecular complexity index is 650. The predicted octanol–water partition coefficient (Wildman–Crippen LogP) is 2.64. The van der Waals surface area contributed by atoms with Gasteiger partial charge in [0.2, 0.25) is 11.8 Å². The van der Waals surface area contributed by atoms with E-state index in [9.17, 15) is 9.59 Å². The van der Waals surface area contributed by atoms with Crippen molar-refractivity contribution in [2.75, 3.05) is 25.4 Å². The lowest BCUT2D eigenvalue weighted by Gasteiger charge is -2.32. The predicted molar refractivity (Wildman–Crippen MR) is 106 cm³/mol. The molecule has 2 heterocycles. The van der Waals surface area contributed by atoms with Crippen LogP contribution in [-0.4, -0.2) is 57.9 Å². The smallest absolute Gasteiger partial charge is 0.243 e. The third kappa shape index (κ3) is 3.62. The van der Waals surface area contributed by atoms with Crippen molar-refractivity contribution in [2.24, 2.45) is 0 Å². The van der Waals surface area contributed by atoms with E-state index >= 15 is 0 Å². The number of hydrogen-bond acceptors (Lipinski definition) is 4. The van der Waals surface area contributed by atoms with Crippen molar-refractivity contribution in [3.8, 4) is 0 Å². The number of thioether (sulfide) groups is 1. The number of benzene rings is 1. The largest absolute Gasteiger partial charge is 0.352 e. The van der Waals surface area contributed by atoms with Gasteiger partial charge in [0.05, 0.1) is 10.9 Å². The van der Waals surface area contributed by atoms with Gasteiger partial charge in [0.25, 0.3) is 0 Å². The molecule has 1 aromatic rings. The third-order valence-corrected chi connectivity index (χ3v) is 7.16. The molecule has 0 spiro atoms. The maximum atomic E-state index is 12.9. The molecule has 1 aromatic carbocycles. The standard InChI is InChI=1S/C20H29N3O2S/c1-4-22(5-2)16(15-9-7-6-8-10-15)13-21-19(25)17-14-26-20(3)12-11-18(24)23(17)20/h6-10,16-17H,4-5,11-14H2,1-3H3,(H,21,25). The first kappa shape index (κ1) is 19.2. The van der Waals surface area contributed by atoms with Gasteiger partial charge >= 0.3 is 0 Å². The molecule has 142 valence electrons. The van der Waals surface area contributed by atoms with Crippen LogP contribution in [0.2, 0.25) is 0 Å². The van der Waals surface area contributed by atoms with Gasteiger partial charge in [-0.2, -0.15) is 0 Å². The van der Waals surface area contributed by atoms with E-state index in [1.165, 1.54) is 5.56 Å². The minimum atomic E-state index is -0.340. The summed E-state index contributed by atoms with van der Waals surface area (Å²) in [7, 11) is 0. The zero-order chi connectivity index (χ0) is 18.7. The molecule has 2 aliphatic heterocycles. The average Bonchev–Trinajstić information content (AvgIpc) is 3.15. The topological polar surface area (TPSA) is 52.7 Å². The average molecular weight is 376 g/mol. The Balaban J connectivity index is 1.69. The normalized spacial score (nSPS) is 26.2. The minimum absolute atomic E-state index is 0.0236. The first-order valence-corrected chi connectivity index (χ1v) is 10.5. The summed E-state index contributed by atoms with van der Waals surface area (Å²) in [5, 5.41) is 3.13. The highest BCUT2D eigenvalue weighted by Gasteiger charge is 2.52. The van der Waals surface area contributed by atoms with Gasteiger partial charge in [-0.05, 0) is 32.0 Å². The summed E-state index contributed by atoms with van der Waals surface area (Å²) >= 11 is 1.74. The highest BCUT2D eigenvalue weighted by molar-refractivity contribution is 8.01. The summed E-state index contributed by atoms with van der Waals surface area (Å²) in [6.45, 7) is 8.77. The van der Waals surface area contributed by atoms with Gasteiger partial charge in [-0.3, -0.25) is 14.5 Å². The highest BCUT2D eigenvalue weighted by atomic mass is 32.2. The molecule has 3 rings (SSSR count). The fourth-order valence-corrected chi connectivity index (χ4v) is 5.56. The van der Waals surface area contributed by atoms with Crippen molar-refractivity contribution >= 4 is 23.6 Å². The van der Waals surface area contributed by atoms with Gasteiger partial charge in [0, 0.05) is 18.7 Å². The van der Waals surface area contributed by atoms with Gasteiger partial charge in [-0.15, -0.1) is 11.8 Å². The molecule has 2 amide bonds. The third-order valence-electron chi connectivity index (χ3n) is 5.65. The van der Waals surface area contributed by atoms with Crippen LogP contribution in [0.3, 0.4) is 0 Å². The Hall–Kier alpha value is -1.53. The Kier molecular flexibility index (Phi) is 5.92. The summed E-state index contributed by atoms with van der Waals surface area (Å²) in [6, 6.07) is 10.1. The maximum Gasteiger partial charge on any atom is 0.243 e. The number of amides is 2. The molecule has 2 fully saturated rings. The molecule has 0 bridgehead atoms.